The number of hydrogen-bond donors (Lipinski definition) is 0. The third-order valence-corrected chi connectivity index (χ3v) is 1.24. The van der Waals surface area contributed by atoms with Crippen LogP contribution in [0.3, 0.4) is 0 Å². The average Bonchev–Trinajstić information content (AvgIpc) is 1.87. The highest BCUT2D eigenvalue weighted by molar-refractivity contribution is 5.65. The van der Waals surface area contributed by atoms with Crippen LogP contribution in [0.15, 0.2) is 12.2 Å². The molecule has 0 amide bonds. The van der Waals surface area contributed by atoms with Crippen molar-refractivity contribution >= 4 is 6.21 Å². The van der Waals surface area contributed by atoms with E-state index in [1.165, 1.54) is 19.3 Å². The van der Waals surface area contributed by atoms with Crippen LogP contribution < -0.4 is 0 Å². The zero-order chi connectivity index (χ0) is 7.82. The fourth-order valence-electron chi connectivity index (χ4n) is 0.651. The average molecular weight is 140 g/mol. The van der Waals surface area contributed by atoms with Gasteiger partial charge in [0.2, 0.25) is 0 Å². The number of allylic oxidation sites excluding steroid dienone is 2. The molecule has 0 bridgehead atoms. The number of hydrogen-bond acceptors (Lipinski definition) is 0. The van der Waals surface area contributed by atoms with Gasteiger partial charge in [0.15, 0.2) is 6.21 Å². The highest BCUT2D eigenvalue weighted by Gasteiger charge is 1.78. The van der Waals surface area contributed by atoms with E-state index < -0.39 is 0 Å². The first-order chi connectivity index (χ1) is 4.77. The fourth-order valence-corrected chi connectivity index (χ4v) is 0.651. The quantitative estimate of drug-likeness (QED) is 0.319. The Morgan fingerprint density at radius 2 is 2.00 bits per heavy atom. The minimum atomic E-state index is 1.21. The normalized spacial score (nSPS) is 10.3. The lowest BCUT2D eigenvalue weighted by molar-refractivity contribution is -0.458. The molecule has 0 aliphatic carbocycles. The van der Waals surface area contributed by atoms with Crippen molar-refractivity contribution < 1.29 is 4.58 Å². The summed E-state index contributed by atoms with van der Waals surface area (Å²) in [5, 5.41) is 0. The molecule has 0 N–H and O–H groups in total. The molecule has 0 spiro atoms. The number of rotatable bonds is 4. The molecule has 0 aromatic carbocycles. The van der Waals surface area contributed by atoms with Crippen LogP contribution >= 0.6 is 0 Å². The van der Waals surface area contributed by atoms with Gasteiger partial charge in [-0.3, -0.25) is 0 Å². The Morgan fingerprint density at radius 1 is 1.30 bits per heavy atom. The maximum absolute atomic E-state index is 2.21. The summed E-state index contributed by atoms with van der Waals surface area (Å²) in [6.45, 7) is 2.21. The van der Waals surface area contributed by atoms with Crippen molar-refractivity contribution in [2.45, 2.75) is 26.2 Å². The van der Waals surface area contributed by atoms with Gasteiger partial charge in [0.1, 0.15) is 14.1 Å². The van der Waals surface area contributed by atoms with Crippen molar-refractivity contribution in [1.82, 2.24) is 0 Å². The van der Waals surface area contributed by atoms with Crippen LogP contribution in [-0.4, -0.2) is 24.9 Å². The molecule has 0 aromatic heterocycles. The lowest BCUT2D eigenvalue weighted by Gasteiger charge is -1.85. The number of nitrogens with zero attached hydrogens (tertiary/aromatic N) is 1. The molecule has 0 unspecified atom stereocenters. The van der Waals surface area contributed by atoms with Crippen molar-refractivity contribution in [2.75, 3.05) is 14.1 Å². The highest BCUT2D eigenvalue weighted by Crippen LogP contribution is 1.93. The third kappa shape index (κ3) is 7.41. The van der Waals surface area contributed by atoms with Gasteiger partial charge in [0.25, 0.3) is 0 Å². The molecule has 0 aromatic rings. The predicted octanol–water partition coefficient (Wildman–Crippen LogP) is 2.08. The SMILES string of the molecule is CCCCC=CC=[N+](C)C. The maximum atomic E-state index is 2.21. The van der Waals surface area contributed by atoms with Crippen LogP contribution in [0.1, 0.15) is 26.2 Å². The Hall–Kier alpha value is -0.590. The zero-order valence-electron chi connectivity index (χ0n) is 7.30. The van der Waals surface area contributed by atoms with Crippen molar-refractivity contribution in [3.8, 4) is 0 Å². The van der Waals surface area contributed by atoms with Gasteiger partial charge in [-0.25, -0.2) is 4.58 Å². The number of unbranched alkanes of at least 4 members (excludes halogenated alkanes) is 2. The second kappa shape index (κ2) is 6.53. The van der Waals surface area contributed by atoms with Gasteiger partial charge < -0.3 is 0 Å². The van der Waals surface area contributed by atoms with E-state index in [9.17, 15) is 0 Å². The topological polar surface area (TPSA) is 3.01 Å². The van der Waals surface area contributed by atoms with Gasteiger partial charge in [-0.1, -0.05) is 25.8 Å². The standard InChI is InChI=1S/C9H18N/c1-4-5-6-7-8-9-10(2)3/h7-9H,4-6H2,1-3H3/q+1. The second-order valence-electron chi connectivity index (χ2n) is 2.68. The van der Waals surface area contributed by atoms with Crippen molar-refractivity contribution in [1.29, 1.82) is 0 Å². The van der Waals surface area contributed by atoms with E-state index in [0.29, 0.717) is 0 Å². The minimum absolute atomic E-state index is 1.21. The van der Waals surface area contributed by atoms with Gasteiger partial charge in [-0.2, -0.15) is 0 Å². The van der Waals surface area contributed by atoms with E-state index >= 15 is 0 Å². The van der Waals surface area contributed by atoms with Crippen molar-refractivity contribution in [3.05, 3.63) is 12.2 Å². The first-order valence-electron chi connectivity index (χ1n) is 3.93. The highest BCUT2D eigenvalue weighted by atomic mass is 14.9. The van der Waals surface area contributed by atoms with Crippen molar-refractivity contribution in [2.24, 2.45) is 0 Å². The smallest absolute Gasteiger partial charge is 0.162 e. The summed E-state index contributed by atoms with van der Waals surface area (Å²) in [4.78, 5) is 0. The molecule has 0 rings (SSSR count). The molecule has 10 heavy (non-hydrogen) atoms. The van der Waals surface area contributed by atoms with Crippen LogP contribution in [0.2, 0.25) is 0 Å². The molecule has 0 aliphatic heterocycles. The Kier molecular flexibility index (Phi) is 6.14. The van der Waals surface area contributed by atoms with Crippen LogP contribution in [-0.2, 0) is 0 Å². The summed E-state index contributed by atoms with van der Waals surface area (Å²) in [6, 6.07) is 0. The molecular formula is C9H18N+. The van der Waals surface area contributed by atoms with Gasteiger partial charge in [-0.05, 0) is 12.5 Å². The summed E-state index contributed by atoms with van der Waals surface area (Å²) >= 11 is 0. The Bertz CT molecular complexity index is 119. The van der Waals surface area contributed by atoms with E-state index in [1.54, 1.807) is 0 Å². The molecular weight excluding hydrogens is 122 g/mol. The van der Waals surface area contributed by atoms with Gasteiger partial charge in [0, 0.05) is 0 Å². The Balaban J connectivity index is 3.29. The molecule has 0 atom stereocenters. The Morgan fingerprint density at radius 3 is 2.50 bits per heavy atom. The summed E-state index contributed by atoms with van der Waals surface area (Å²) in [6.07, 6.45) is 10.2. The summed E-state index contributed by atoms with van der Waals surface area (Å²) in [5.74, 6) is 0. The predicted molar refractivity (Wildman–Crippen MR) is 46.8 cm³/mol. The monoisotopic (exact) mass is 140 g/mol. The third-order valence-electron chi connectivity index (χ3n) is 1.24. The van der Waals surface area contributed by atoms with Gasteiger partial charge >= 0.3 is 0 Å². The lowest BCUT2D eigenvalue weighted by Crippen LogP contribution is -1.94. The second-order valence-corrected chi connectivity index (χ2v) is 2.68. The summed E-state index contributed by atoms with van der Waals surface area (Å²) < 4.78 is 2.04. The van der Waals surface area contributed by atoms with Crippen LogP contribution in [0, 0.1) is 0 Å². The van der Waals surface area contributed by atoms with Crippen LogP contribution in [0.25, 0.3) is 0 Å². The first kappa shape index (κ1) is 9.41. The molecule has 0 saturated carbocycles. The summed E-state index contributed by atoms with van der Waals surface area (Å²) in [7, 11) is 4.06. The molecule has 1 heteroatoms. The largest absolute Gasteiger partial charge is 0.241 e. The lowest BCUT2D eigenvalue weighted by atomic mass is 10.2. The Labute approximate surface area is 64.1 Å². The molecule has 0 saturated heterocycles. The summed E-state index contributed by atoms with van der Waals surface area (Å²) in [5.41, 5.74) is 0. The molecule has 58 valence electrons. The molecule has 1 nitrogen and oxygen atoms in total. The molecule has 0 aliphatic rings. The molecule has 0 heterocycles. The maximum Gasteiger partial charge on any atom is 0.162 e. The van der Waals surface area contributed by atoms with Crippen LogP contribution in [0.5, 0.6) is 0 Å². The van der Waals surface area contributed by atoms with E-state index in [4.69, 9.17) is 0 Å². The minimum Gasteiger partial charge on any atom is -0.241 e. The van der Waals surface area contributed by atoms with Gasteiger partial charge in [-0.15, -0.1) is 0 Å². The van der Waals surface area contributed by atoms with Crippen LogP contribution in [0.4, 0.5) is 0 Å². The van der Waals surface area contributed by atoms with E-state index in [0.717, 1.165) is 0 Å². The van der Waals surface area contributed by atoms with E-state index in [1.807, 2.05) is 18.7 Å². The van der Waals surface area contributed by atoms with E-state index in [-0.39, 0.29) is 0 Å². The first-order valence-corrected chi connectivity index (χ1v) is 3.93. The van der Waals surface area contributed by atoms with Crippen molar-refractivity contribution in [3.63, 3.8) is 0 Å². The molecule has 0 radical (unpaired) electrons. The molecule has 0 fully saturated rings. The fraction of sp³-hybridized carbons (Fsp3) is 0.667. The van der Waals surface area contributed by atoms with E-state index in [2.05, 4.69) is 25.3 Å². The van der Waals surface area contributed by atoms with Gasteiger partial charge in [0.05, 0.1) is 0 Å². The zero-order valence-corrected chi connectivity index (χ0v) is 7.30.